The van der Waals surface area contributed by atoms with Crippen LogP contribution < -0.4 is 0 Å². The van der Waals surface area contributed by atoms with E-state index in [-0.39, 0.29) is 5.56 Å². The highest BCUT2D eigenvalue weighted by atomic mass is 79.9. The van der Waals surface area contributed by atoms with E-state index in [1.54, 1.807) is 46.9 Å². The predicted octanol–water partition coefficient (Wildman–Crippen LogP) is 5.00. The number of carboxylic acid groups (broad SMARTS) is 1. The molecule has 3 aromatic rings. The second-order valence-corrected chi connectivity index (χ2v) is 6.73. The number of carbonyl (C=O) groups is 1. The first-order chi connectivity index (χ1) is 9.63. The molecule has 0 amide bonds. The van der Waals surface area contributed by atoms with Crippen molar-refractivity contribution in [1.82, 2.24) is 4.98 Å². The zero-order valence-electron chi connectivity index (χ0n) is 10.0. The van der Waals surface area contributed by atoms with E-state index >= 15 is 0 Å². The average Bonchev–Trinajstić information content (AvgIpc) is 3.07. The van der Waals surface area contributed by atoms with Crippen LogP contribution in [0.2, 0.25) is 0 Å². The Morgan fingerprint density at radius 1 is 1.15 bits per heavy atom. The Balaban J connectivity index is 1.91. The SMILES string of the molecule is O=C(O)c1ccc(-c2nc(-c3cc(Br)cs3)cs2)cc1. The van der Waals surface area contributed by atoms with E-state index < -0.39 is 5.97 Å². The molecular formula is C14H8BrNO2S2. The highest BCUT2D eigenvalue weighted by Gasteiger charge is 2.09. The molecule has 1 aromatic carbocycles. The number of hydrogen-bond acceptors (Lipinski definition) is 4. The van der Waals surface area contributed by atoms with Crippen LogP contribution in [0.1, 0.15) is 10.4 Å². The Labute approximate surface area is 131 Å². The predicted molar refractivity (Wildman–Crippen MR) is 85.5 cm³/mol. The van der Waals surface area contributed by atoms with Gasteiger partial charge in [0, 0.05) is 20.8 Å². The van der Waals surface area contributed by atoms with Gasteiger partial charge in [0.1, 0.15) is 5.01 Å². The van der Waals surface area contributed by atoms with Crippen LogP contribution in [0.5, 0.6) is 0 Å². The fourth-order valence-corrected chi connectivity index (χ4v) is 4.01. The van der Waals surface area contributed by atoms with Crippen LogP contribution in [-0.2, 0) is 0 Å². The van der Waals surface area contributed by atoms with E-state index in [0.717, 1.165) is 25.6 Å². The molecule has 0 aliphatic carbocycles. The zero-order chi connectivity index (χ0) is 14.1. The van der Waals surface area contributed by atoms with Crippen molar-refractivity contribution in [2.24, 2.45) is 0 Å². The molecule has 3 nitrogen and oxygen atoms in total. The number of nitrogens with zero attached hydrogens (tertiary/aromatic N) is 1. The first kappa shape index (κ1) is 13.5. The topological polar surface area (TPSA) is 50.2 Å². The molecule has 6 heteroatoms. The van der Waals surface area contributed by atoms with E-state index in [1.807, 2.05) is 16.8 Å². The molecule has 3 rings (SSSR count). The van der Waals surface area contributed by atoms with E-state index in [1.165, 1.54) is 0 Å². The highest BCUT2D eigenvalue weighted by molar-refractivity contribution is 9.10. The van der Waals surface area contributed by atoms with Crippen molar-refractivity contribution in [3.8, 4) is 21.1 Å². The van der Waals surface area contributed by atoms with Gasteiger partial charge in [0.2, 0.25) is 0 Å². The van der Waals surface area contributed by atoms with Crippen LogP contribution in [0, 0.1) is 0 Å². The van der Waals surface area contributed by atoms with Crippen molar-refractivity contribution in [2.75, 3.05) is 0 Å². The fraction of sp³-hybridized carbons (Fsp3) is 0. The van der Waals surface area contributed by atoms with Crippen LogP contribution in [0.25, 0.3) is 21.1 Å². The Bertz CT molecular complexity index is 762. The maximum absolute atomic E-state index is 10.8. The summed E-state index contributed by atoms with van der Waals surface area (Å²) in [4.78, 5) is 16.5. The third-order valence-electron chi connectivity index (χ3n) is 2.70. The van der Waals surface area contributed by atoms with E-state index in [4.69, 9.17) is 5.11 Å². The van der Waals surface area contributed by atoms with Crippen LogP contribution >= 0.6 is 38.6 Å². The third kappa shape index (κ3) is 2.67. The molecule has 0 unspecified atom stereocenters. The maximum atomic E-state index is 10.8. The van der Waals surface area contributed by atoms with Crippen molar-refractivity contribution in [1.29, 1.82) is 0 Å². The largest absolute Gasteiger partial charge is 0.478 e. The standard InChI is InChI=1S/C14H8BrNO2S2/c15-10-5-12(19-6-10)11-7-20-13(16-11)8-1-3-9(4-2-8)14(17)18/h1-7H,(H,17,18). The second-order valence-electron chi connectivity index (χ2n) is 4.05. The average molecular weight is 366 g/mol. The molecule has 0 saturated carbocycles. The molecule has 0 bridgehead atoms. The number of thiophene rings is 1. The van der Waals surface area contributed by atoms with E-state index in [0.29, 0.717) is 0 Å². The summed E-state index contributed by atoms with van der Waals surface area (Å²) in [6.45, 7) is 0. The van der Waals surface area contributed by atoms with Crippen LogP contribution in [0.4, 0.5) is 0 Å². The molecule has 0 aliphatic rings. The van der Waals surface area contributed by atoms with Gasteiger partial charge in [-0.25, -0.2) is 9.78 Å². The number of carboxylic acids is 1. The highest BCUT2D eigenvalue weighted by Crippen LogP contribution is 2.33. The van der Waals surface area contributed by atoms with Gasteiger partial charge in [-0.15, -0.1) is 22.7 Å². The minimum Gasteiger partial charge on any atom is -0.478 e. The molecule has 0 radical (unpaired) electrons. The lowest BCUT2D eigenvalue weighted by molar-refractivity contribution is 0.0697. The zero-order valence-corrected chi connectivity index (χ0v) is 13.3. The number of thiazole rings is 1. The second kappa shape index (κ2) is 5.47. The van der Waals surface area contributed by atoms with Gasteiger partial charge in [0.25, 0.3) is 0 Å². The summed E-state index contributed by atoms with van der Waals surface area (Å²) in [7, 11) is 0. The lowest BCUT2D eigenvalue weighted by Crippen LogP contribution is -1.94. The maximum Gasteiger partial charge on any atom is 0.335 e. The van der Waals surface area contributed by atoms with Gasteiger partial charge in [0.15, 0.2) is 0 Å². The van der Waals surface area contributed by atoms with Crippen molar-refractivity contribution < 1.29 is 9.90 Å². The number of rotatable bonds is 3. The van der Waals surface area contributed by atoms with Crippen molar-refractivity contribution in [3.63, 3.8) is 0 Å². The molecule has 20 heavy (non-hydrogen) atoms. The Morgan fingerprint density at radius 2 is 1.90 bits per heavy atom. The molecule has 0 atom stereocenters. The quantitative estimate of drug-likeness (QED) is 0.710. The van der Waals surface area contributed by atoms with Gasteiger partial charge in [-0.2, -0.15) is 0 Å². The minimum atomic E-state index is -0.917. The monoisotopic (exact) mass is 365 g/mol. The van der Waals surface area contributed by atoms with E-state index in [9.17, 15) is 4.79 Å². The smallest absolute Gasteiger partial charge is 0.335 e. The van der Waals surface area contributed by atoms with Crippen LogP contribution in [0.3, 0.4) is 0 Å². The molecule has 0 aliphatic heterocycles. The minimum absolute atomic E-state index is 0.285. The van der Waals surface area contributed by atoms with Gasteiger partial charge in [-0.05, 0) is 34.1 Å². The van der Waals surface area contributed by atoms with Crippen molar-refractivity contribution in [3.05, 3.63) is 51.1 Å². The normalized spacial score (nSPS) is 10.7. The molecule has 100 valence electrons. The summed E-state index contributed by atoms with van der Waals surface area (Å²) in [5.74, 6) is -0.917. The number of aromatic nitrogens is 1. The molecular weight excluding hydrogens is 358 g/mol. The van der Waals surface area contributed by atoms with E-state index in [2.05, 4.69) is 20.9 Å². The summed E-state index contributed by atoms with van der Waals surface area (Å²) >= 11 is 6.62. The van der Waals surface area contributed by atoms with Crippen LogP contribution in [0.15, 0.2) is 45.6 Å². The molecule has 0 spiro atoms. The summed E-state index contributed by atoms with van der Waals surface area (Å²) in [5, 5.41) is 13.8. The number of aromatic carboxylic acids is 1. The van der Waals surface area contributed by atoms with Gasteiger partial charge in [-0.1, -0.05) is 12.1 Å². The number of halogens is 1. The summed E-state index contributed by atoms with van der Waals surface area (Å²) in [5.41, 5.74) is 2.16. The first-order valence-corrected chi connectivity index (χ1v) is 8.22. The van der Waals surface area contributed by atoms with Crippen LogP contribution in [-0.4, -0.2) is 16.1 Å². The summed E-state index contributed by atoms with van der Waals surface area (Å²) < 4.78 is 1.05. The molecule has 1 N–H and O–H groups in total. The van der Waals surface area contributed by atoms with Gasteiger partial charge in [0.05, 0.1) is 16.1 Å². The molecule has 2 heterocycles. The Morgan fingerprint density at radius 3 is 2.50 bits per heavy atom. The van der Waals surface area contributed by atoms with Gasteiger partial charge >= 0.3 is 5.97 Å². The van der Waals surface area contributed by atoms with Crippen molar-refractivity contribution in [2.45, 2.75) is 0 Å². The number of benzene rings is 1. The first-order valence-electron chi connectivity index (χ1n) is 5.67. The molecule has 0 fully saturated rings. The lowest BCUT2D eigenvalue weighted by atomic mass is 10.1. The van der Waals surface area contributed by atoms with Crippen molar-refractivity contribution >= 4 is 44.6 Å². The summed E-state index contributed by atoms with van der Waals surface area (Å²) in [6, 6.07) is 8.81. The Hall–Kier alpha value is -1.50. The van der Waals surface area contributed by atoms with Gasteiger partial charge in [-0.3, -0.25) is 0 Å². The fourth-order valence-electron chi connectivity index (χ4n) is 1.72. The Kier molecular flexibility index (Phi) is 3.69. The summed E-state index contributed by atoms with van der Waals surface area (Å²) in [6.07, 6.45) is 0. The van der Waals surface area contributed by atoms with Gasteiger partial charge < -0.3 is 5.11 Å². The number of hydrogen-bond donors (Lipinski definition) is 1. The molecule has 0 saturated heterocycles. The molecule has 2 aromatic heterocycles. The lowest BCUT2D eigenvalue weighted by Gasteiger charge is -1.97. The third-order valence-corrected chi connectivity index (χ3v) is 5.31.